The van der Waals surface area contributed by atoms with Crippen LogP contribution in [0.1, 0.15) is 0 Å². The van der Waals surface area contributed by atoms with E-state index in [2.05, 4.69) is 478 Å². The van der Waals surface area contributed by atoms with Crippen molar-refractivity contribution in [2.45, 2.75) is 0 Å². The van der Waals surface area contributed by atoms with Crippen LogP contribution in [0.4, 0.5) is 0 Å². The molecule has 582 valence electrons. The summed E-state index contributed by atoms with van der Waals surface area (Å²) >= 11 is 0. The highest BCUT2D eigenvalue weighted by atomic mass is 15.0. The molecule has 7 heterocycles. The number of rotatable bonds is 14. The maximum absolute atomic E-state index is 5.60. The fraction of sp³-hybridized carbons (Fsp3) is 0. The van der Waals surface area contributed by atoms with E-state index in [9.17, 15) is 0 Å². The zero-order chi connectivity index (χ0) is 82.2. The van der Waals surface area contributed by atoms with E-state index in [-0.39, 0.29) is 0 Å². The number of nitrogens with zero attached hydrogens (tertiary/aromatic N) is 7. The van der Waals surface area contributed by atoms with Crippen LogP contribution in [0.3, 0.4) is 0 Å². The van der Waals surface area contributed by atoms with Gasteiger partial charge in [-0.05, 0) is 225 Å². The highest BCUT2D eigenvalue weighted by Crippen LogP contribution is 2.46. The molecule has 7 nitrogen and oxygen atoms in total. The highest BCUT2D eigenvalue weighted by Gasteiger charge is 2.24. The monoisotopic (exact) mass is 1590 g/mol. The van der Waals surface area contributed by atoms with Crippen LogP contribution in [0.15, 0.2) is 455 Å². The summed E-state index contributed by atoms with van der Waals surface area (Å²) in [6, 6.07) is 166. The Balaban J connectivity index is 0.563. The third kappa shape index (κ3) is 12.0. The van der Waals surface area contributed by atoms with Crippen molar-refractivity contribution in [1.29, 1.82) is 0 Å². The lowest BCUT2D eigenvalue weighted by molar-refractivity contribution is 1.13. The molecule has 0 aliphatic heterocycles. The lowest BCUT2D eigenvalue weighted by atomic mass is 9.97. The van der Waals surface area contributed by atoms with E-state index >= 15 is 0 Å². The van der Waals surface area contributed by atoms with E-state index in [1.807, 2.05) is 0 Å². The molecule has 125 heavy (non-hydrogen) atoms. The molecule has 0 aliphatic carbocycles. The Morgan fingerprint density at radius 1 is 0.112 bits per heavy atom. The molecule has 18 aromatic carbocycles. The Labute approximate surface area is 721 Å². The SMILES string of the molecule is c1ccc(-c2cc(-c3ccc(-n4c5ccccc5c5cc(-c6ccc7c(c6)c6ccccc6n7-c6ccc(-c7cccc(-c8cc(-c9cc(-n%10c%11ccccc%11c%11ccccc%11%10)cc(-n%10c%11ccccc%11c%11cc(-c%12ccc%13c(c%12)c%12ccccc%12n%13-c%12ccccc%12)ccc%11%10)c9)cc(-c9ccccc9)n8)c7)cc6)ccc54)cc3)cc(-c3ccccc3)n2)cc1. The predicted octanol–water partition coefficient (Wildman–Crippen LogP) is 31.0. The van der Waals surface area contributed by atoms with Gasteiger partial charge in [0.2, 0.25) is 0 Å². The predicted molar refractivity (Wildman–Crippen MR) is 523 cm³/mol. The maximum Gasteiger partial charge on any atom is 0.0715 e. The Morgan fingerprint density at radius 3 is 0.680 bits per heavy atom. The van der Waals surface area contributed by atoms with Gasteiger partial charge in [-0.25, -0.2) is 9.97 Å². The van der Waals surface area contributed by atoms with E-state index < -0.39 is 0 Å². The second kappa shape index (κ2) is 29.0. The van der Waals surface area contributed by atoms with Crippen molar-refractivity contribution in [1.82, 2.24) is 32.8 Å². The van der Waals surface area contributed by atoms with Crippen molar-refractivity contribution in [3.8, 4) is 129 Å². The van der Waals surface area contributed by atoms with Gasteiger partial charge in [-0.15, -0.1) is 0 Å². The molecular formula is C118H75N7. The first kappa shape index (κ1) is 71.2. The van der Waals surface area contributed by atoms with Crippen LogP contribution in [0.2, 0.25) is 0 Å². The molecule has 25 rings (SSSR count). The van der Waals surface area contributed by atoms with Crippen LogP contribution in [0.5, 0.6) is 0 Å². The van der Waals surface area contributed by atoms with Crippen LogP contribution in [0, 0.1) is 0 Å². The average molecular weight is 1590 g/mol. The Kier molecular flexibility index (Phi) is 16.5. The summed E-state index contributed by atoms with van der Waals surface area (Å²) in [6.45, 7) is 0. The maximum atomic E-state index is 5.60. The summed E-state index contributed by atoms with van der Waals surface area (Å²) in [5.41, 5.74) is 36.2. The van der Waals surface area contributed by atoms with Crippen molar-refractivity contribution in [2.24, 2.45) is 0 Å². The lowest BCUT2D eigenvalue weighted by Gasteiger charge is -2.17. The van der Waals surface area contributed by atoms with E-state index in [1.165, 1.54) is 81.6 Å². The third-order valence-corrected chi connectivity index (χ3v) is 25.6. The molecule has 0 aliphatic rings. The molecule has 0 unspecified atom stereocenters. The smallest absolute Gasteiger partial charge is 0.0715 e. The minimum atomic E-state index is 0.882. The molecule has 25 aromatic rings. The van der Waals surface area contributed by atoms with Gasteiger partial charge in [-0.3, -0.25) is 0 Å². The largest absolute Gasteiger partial charge is 0.309 e. The minimum absolute atomic E-state index is 0.882. The number of benzene rings is 18. The molecule has 0 amide bonds. The normalized spacial score (nSPS) is 11.8. The molecular weight excluding hydrogens is 1520 g/mol. The summed E-state index contributed by atoms with van der Waals surface area (Å²) in [5, 5.41) is 12.1. The first-order chi connectivity index (χ1) is 61.9. The summed E-state index contributed by atoms with van der Waals surface area (Å²) < 4.78 is 12.2. The molecule has 0 saturated carbocycles. The number of para-hydroxylation sites is 7. The van der Waals surface area contributed by atoms with Crippen molar-refractivity contribution in [2.75, 3.05) is 0 Å². The van der Waals surface area contributed by atoms with E-state index in [0.717, 1.165) is 157 Å². The Hall–Kier alpha value is -16.7. The highest BCUT2D eigenvalue weighted by molar-refractivity contribution is 6.16. The number of pyridine rings is 2. The second-order valence-corrected chi connectivity index (χ2v) is 32.8. The fourth-order valence-electron chi connectivity index (χ4n) is 19.8. The van der Waals surface area contributed by atoms with Gasteiger partial charge in [-0.2, -0.15) is 0 Å². The molecule has 0 N–H and O–H groups in total. The molecule has 7 aromatic heterocycles. The fourth-order valence-corrected chi connectivity index (χ4v) is 19.8. The van der Waals surface area contributed by atoms with Gasteiger partial charge in [0.15, 0.2) is 0 Å². The topological polar surface area (TPSA) is 50.4 Å². The first-order valence-corrected chi connectivity index (χ1v) is 42.8. The molecule has 0 radical (unpaired) electrons. The van der Waals surface area contributed by atoms with Crippen molar-refractivity contribution in [3.63, 3.8) is 0 Å². The zero-order valence-electron chi connectivity index (χ0n) is 67.9. The molecule has 0 bridgehead atoms. The van der Waals surface area contributed by atoms with E-state index in [4.69, 9.17) is 9.97 Å². The van der Waals surface area contributed by atoms with Crippen LogP contribution in [-0.4, -0.2) is 32.8 Å². The average Bonchev–Trinajstić information content (AvgIpc) is 1.59. The van der Waals surface area contributed by atoms with Crippen LogP contribution in [0.25, 0.3) is 238 Å². The Bertz CT molecular complexity index is 8510. The van der Waals surface area contributed by atoms with Gasteiger partial charge >= 0.3 is 0 Å². The zero-order valence-corrected chi connectivity index (χ0v) is 67.9. The van der Waals surface area contributed by atoms with Crippen LogP contribution in [-0.2, 0) is 0 Å². The summed E-state index contributed by atoms with van der Waals surface area (Å²) in [7, 11) is 0. The number of fused-ring (bicyclic) bond motifs is 15. The van der Waals surface area contributed by atoms with Gasteiger partial charge in [0.05, 0.1) is 77.9 Å². The van der Waals surface area contributed by atoms with Crippen molar-refractivity contribution >= 4 is 109 Å². The number of hydrogen-bond donors (Lipinski definition) is 0. The third-order valence-electron chi connectivity index (χ3n) is 25.6. The number of aromatic nitrogens is 7. The van der Waals surface area contributed by atoms with Crippen LogP contribution >= 0.6 is 0 Å². The molecule has 0 atom stereocenters. The second-order valence-electron chi connectivity index (χ2n) is 32.8. The molecule has 0 spiro atoms. The minimum Gasteiger partial charge on any atom is -0.309 e. The van der Waals surface area contributed by atoms with Gasteiger partial charge in [0.25, 0.3) is 0 Å². The summed E-state index contributed by atoms with van der Waals surface area (Å²) in [6.07, 6.45) is 0. The van der Waals surface area contributed by atoms with Crippen LogP contribution < -0.4 is 0 Å². The summed E-state index contributed by atoms with van der Waals surface area (Å²) in [4.78, 5) is 10.8. The van der Waals surface area contributed by atoms with Crippen molar-refractivity contribution in [3.05, 3.63) is 455 Å². The van der Waals surface area contributed by atoms with Gasteiger partial charge in [-0.1, -0.05) is 285 Å². The first-order valence-electron chi connectivity index (χ1n) is 42.8. The van der Waals surface area contributed by atoms with E-state index in [0.29, 0.717) is 0 Å². The Morgan fingerprint density at radius 2 is 0.336 bits per heavy atom. The van der Waals surface area contributed by atoms with Gasteiger partial charge in [0.1, 0.15) is 0 Å². The van der Waals surface area contributed by atoms with Crippen molar-refractivity contribution < 1.29 is 0 Å². The van der Waals surface area contributed by atoms with Gasteiger partial charge < -0.3 is 22.8 Å². The summed E-state index contributed by atoms with van der Waals surface area (Å²) in [5.74, 6) is 0. The molecule has 0 fully saturated rings. The lowest BCUT2D eigenvalue weighted by Crippen LogP contribution is -2.00. The standard InChI is InChI=1S/C118H75N7/c1-5-26-78(27-6-1)105-71-88(72-106(119-105)79-28-7-2-8-29-79)77-50-58-92(59-51-77)123-113-46-23-17-40-99(113)103-69-84(54-62-117(103)123)83-53-61-116-102(68-83)98-39-16-22-45-112(98)122(116)91-56-48-76(49-57-91)81-32-25-33-86(64-81)108-74-89(73-107(120-108)80-30-9-3-10-31-80)87-65-93(124-109-42-19-13-36-95(109)96-37-14-20-43-110(96)124)75-94(66-87)125-114-47-24-18-41-100(114)104-70-85(55-63-118(104)125)82-52-60-115-101(67-82)97-38-15-21-44-111(97)121(115)90-34-11-4-12-35-90/h1-75H. The quantitative estimate of drug-likeness (QED) is 0.109. The number of hydrogen-bond acceptors (Lipinski definition) is 2. The van der Waals surface area contributed by atoms with Gasteiger partial charge in [0, 0.05) is 105 Å². The molecule has 0 saturated heterocycles. The molecule has 7 heteroatoms. The van der Waals surface area contributed by atoms with E-state index in [1.54, 1.807) is 0 Å².